The molecule has 1 aromatic heterocycles. The molecular weight excluding hydrogens is 594 g/mol. The van der Waals surface area contributed by atoms with Gasteiger partial charge in [-0.05, 0) is 83.3 Å². The molecule has 1 saturated heterocycles. The summed E-state index contributed by atoms with van der Waals surface area (Å²) < 4.78 is 0.584. The smallest absolute Gasteiger partial charge is 0.258 e. The lowest BCUT2D eigenvalue weighted by Gasteiger charge is -2.39. The Balaban J connectivity index is 0.000000616. The quantitative estimate of drug-likeness (QED) is 0.209. The van der Waals surface area contributed by atoms with Crippen LogP contribution in [0.4, 0.5) is 11.4 Å². The van der Waals surface area contributed by atoms with E-state index in [1.807, 2.05) is 37.8 Å². The summed E-state index contributed by atoms with van der Waals surface area (Å²) in [6.45, 7) is 13.7. The zero-order valence-corrected chi connectivity index (χ0v) is 26.9. The number of likely N-dealkylation sites (tertiary alicyclic amines) is 1. The molecule has 0 spiro atoms. The van der Waals surface area contributed by atoms with E-state index in [1.165, 1.54) is 25.1 Å². The molecule has 2 aliphatic rings. The van der Waals surface area contributed by atoms with Crippen LogP contribution in [0.2, 0.25) is 0 Å². The Morgan fingerprint density at radius 3 is 2.43 bits per heavy atom. The van der Waals surface area contributed by atoms with Crippen molar-refractivity contribution in [1.82, 2.24) is 9.88 Å². The van der Waals surface area contributed by atoms with Gasteiger partial charge >= 0.3 is 0 Å². The molecule has 2 atom stereocenters. The fourth-order valence-electron chi connectivity index (χ4n) is 4.96. The van der Waals surface area contributed by atoms with Crippen molar-refractivity contribution in [3.63, 3.8) is 0 Å². The average molecular weight is 639 g/mol. The van der Waals surface area contributed by atoms with E-state index < -0.39 is 0 Å². The molecule has 4 rings (SSSR count). The summed E-state index contributed by atoms with van der Waals surface area (Å²) in [5.41, 5.74) is 17.8. The number of halogens is 1. The van der Waals surface area contributed by atoms with E-state index in [1.54, 1.807) is 6.07 Å². The van der Waals surface area contributed by atoms with E-state index in [-0.39, 0.29) is 35.3 Å². The third-order valence-corrected chi connectivity index (χ3v) is 8.35. The molecule has 8 nitrogen and oxygen atoms in total. The molecule has 2 aromatic rings. The van der Waals surface area contributed by atoms with Gasteiger partial charge in [0.2, 0.25) is 0 Å². The highest BCUT2D eigenvalue weighted by atomic mass is 79.9. The van der Waals surface area contributed by atoms with Crippen LogP contribution in [0.5, 0.6) is 5.75 Å². The van der Waals surface area contributed by atoms with Gasteiger partial charge in [0.15, 0.2) is 5.78 Å². The number of aromatic nitrogens is 1. The van der Waals surface area contributed by atoms with Crippen LogP contribution >= 0.6 is 15.9 Å². The Bertz CT molecular complexity index is 1380. The number of aliphatic imine (C=N–C) groups is 1. The second kappa shape index (κ2) is 14.6. The molecule has 1 aliphatic carbocycles. The van der Waals surface area contributed by atoms with E-state index in [0.717, 1.165) is 29.0 Å². The summed E-state index contributed by atoms with van der Waals surface area (Å²) in [5, 5.41) is 10.7. The summed E-state index contributed by atoms with van der Waals surface area (Å²) in [5.74, 6) is 0.920. The standard InChI is InChI=1S/C27H34BrN5O2.C6H10O/c1-4-15(3)26(30)25-21(32-20-9-8-17(12-23(20)34)16-6-7-16)10-11-33(22(25)5-2)27(35)18-14-31-24(28)13-19(18)29;1-4-6(7)5(2)3/h8-9,12-16,22,34H,4-7,10-11,30H2,1-3H3,(H2,29,31);4-5H,1H2,2-3H3/b26-25+,32-21?;. The van der Waals surface area contributed by atoms with E-state index in [9.17, 15) is 14.7 Å². The van der Waals surface area contributed by atoms with E-state index in [0.29, 0.717) is 46.8 Å². The molecule has 1 amide bonds. The van der Waals surface area contributed by atoms with Crippen LogP contribution in [0.1, 0.15) is 88.6 Å². The first-order chi connectivity index (χ1) is 19.9. The largest absolute Gasteiger partial charge is 0.506 e. The first kappa shape index (κ1) is 33.0. The molecule has 226 valence electrons. The predicted molar refractivity (Wildman–Crippen MR) is 174 cm³/mol. The number of allylic oxidation sites excluding steroid dienone is 2. The van der Waals surface area contributed by atoms with Crippen LogP contribution in [-0.2, 0) is 4.79 Å². The number of anilines is 1. The number of carbonyl (C=O) groups is 2. The van der Waals surface area contributed by atoms with Crippen molar-refractivity contribution < 1.29 is 14.7 Å². The fraction of sp³-hybridized carbons (Fsp3) is 0.455. The summed E-state index contributed by atoms with van der Waals surface area (Å²) in [6, 6.07) is 7.16. The average Bonchev–Trinajstić information content (AvgIpc) is 3.82. The number of benzene rings is 1. The third-order valence-electron chi connectivity index (χ3n) is 7.92. The maximum atomic E-state index is 13.6. The SMILES string of the molecule is C=CC(=O)C(C)C.CCC(C)/C(N)=C1/C(=Nc2ccc(C3CC3)cc2O)CCN(C(=O)c2cnc(Br)cc2N)C1CC. The van der Waals surface area contributed by atoms with Gasteiger partial charge in [0.05, 0.1) is 11.6 Å². The van der Waals surface area contributed by atoms with Gasteiger partial charge in [0, 0.05) is 47.7 Å². The maximum Gasteiger partial charge on any atom is 0.258 e. The first-order valence-electron chi connectivity index (χ1n) is 14.7. The van der Waals surface area contributed by atoms with Gasteiger partial charge in [-0.25, -0.2) is 9.98 Å². The number of pyridine rings is 1. The molecule has 1 aliphatic heterocycles. The van der Waals surface area contributed by atoms with Gasteiger partial charge < -0.3 is 21.5 Å². The van der Waals surface area contributed by atoms with Crippen LogP contribution in [0.25, 0.3) is 0 Å². The number of hydrogen-bond donors (Lipinski definition) is 3. The highest BCUT2D eigenvalue weighted by Crippen LogP contribution is 2.43. The fourth-order valence-corrected chi connectivity index (χ4v) is 5.31. The minimum Gasteiger partial charge on any atom is -0.506 e. The number of piperidine rings is 1. The van der Waals surface area contributed by atoms with E-state index in [2.05, 4.69) is 47.4 Å². The van der Waals surface area contributed by atoms with Crippen LogP contribution in [0.3, 0.4) is 0 Å². The Labute approximate surface area is 258 Å². The molecule has 1 saturated carbocycles. The number of nitrogen functional groups attached to an aromatic ring is 1. The highest BCUT2D eigenvalue weighted by molar-refractivity contribution is 9.10. The van der Waals surface area contributed by atoms with Crippen molar-refractivity contribution >= 4 is 44.7 Å². The zero-order chi connectivity index (χ0) is 31.1. The van der Waals surface area contributed by atoms with Crippen molar-refractivity contribution in [2.24, 2.45) is 22.6 Å². The molecule has 42 heavy (non-hydrogen) atoms. The number of nitrogens with two attached hydrogens (primary N) is 2. The molecule has 1 aromatic carbocycles. The van der Waals surface area contributed by atoms with Crippen molar-refractivity contribution in [2.45, 2.75) is 78.7 Å². The van der Waals surface area contributed by atoms with Crippen LogP contribution in [0, 0.1) is 11.8 Å². The second-order valence-electron chi connectivity index (χ2n) is 11.3. The first-order valence-corrected chi connectivity index (χ1v) is 15.5. The van der Waals surface area contributed by atoms with Crippen molar-refractivity contribution in [3.8, 4) is 5.75 Å². The Kier molecular flexibility index (Phi) is 11.5. The maximum absolute atomic E-state index is 13.6. The Hall–Kier alpha value is -3.46. The molecule has 9 heteroatoms. The molecule has 5 N–H and O–H groups in total. The molecule has 2 unspecified atom stereocenters. The van der Waals surface area contributed by atoms with Crippen molar-refractivity contribution in [2.75, 3.05) is 12.3 Å². The lowest BCUT2D eigenvalue weighted by atomic mass is 9.85. The Morgan fingerprint density at radius 1 is 1.24 bits per heavy atom. The highest BCUT2D eigenvalue weighted by Gasteiger charge is 2.36. The minimum atomic E-state index is -0.250. The summed E-state index contributed by atoms with van der Waals surface area (Å²) >= 11 is 3.30. The second-order valence-corrected chi connectivity index (χ2v) is 12.1. The van der Waals surface area contributed by atoms with Gasteiger partial charge in [0.1, 0.15) is 16.0 Å². The lowest BCUT2D eigenvalue weighted by molar-refractivity contribution is -0.117. The number of aromatic hydroxyl groups is 1. The lowest BCUT2D eigenvalue weighted by Crippen LogP contribution is -2.49. The zero-order valence-electron chi connectivity index (χ0n) is 25.4. The Morgan fingerprint density at radius 2 is 1.93 bits per heavy atom. The number of amides is 1. The molecule has 2 fully saturated rings. The van der Waals surface area contributed by atoms with E-state index >= 15 is 0 Å². The number of rotatable bonds is 8. The summed E-state index contributed by atoms with van der Waals surface area (Å²) in [4.78, 5) is 34.9. The van der Waals surface area contributed by atoms with Crippen molar-refractivity contribution in [3.05, 3.63) is 70.1 Å². The van der Waals surface area contributed by atoms with Crippen molar-refractivity contribution in [1.29, 1.82) is 0 Å². The van der Waals surface area contributed by atoms with E-state index in [4.69, 9.17) is 16.5 Å². The molecule has 0 bridgehead atoms. The number of ketones is 1. The molecular formula is C33H44BrN5O3. The monoisotopic (exact) mass is 637 g/mol. The molecule has 2 heterocycles. The van der Waals surface area contributed by atoms with Gasteiger partial charge in [-0.1, -0.05) is 47.3 Å². The third kappa shape index (κ3) is 7.88. The summed E-state index contributed by atoms with van der Waals surface area (Å²) in [7, 11) is 0. The van der Waals surface area contributed by atoms with Crippen LogP contribution in [0.15, 0.2) is 64.0 Å². The summed E-state index contributed by atoms with van der Waals surface area (Å²) in [6.07, 6.45) is 7.29. The number of hydrogen-bond acceptors (Lipinski definition) is 7. The number of carbonyl (C=O) groups excluding carboxylic acids is 2. The number of phenols is 1. The van der Waals surface area contributed by atoms with Crippen LogP contribution < -0.4 is 11.5 Å². The van der Waals surface area contributed by atoms with Gasteiger partial charge in [-0.3, -0.25) is 9.59 Å². The molecule has 0 radical (unpaired) electrons. The van der Waals surface area contributed by atoms with Gasteiger partial charge in [-0.15, -0.1) is 0 Å². The topological polar surface area (TPSA) is 135 Å². The van der Waals surface area contributed by atoms with Gasteiger partial charge in [0.25, 0.3) is 5.91 Å². The van der Waals surface area contributed by atoms with Crippen LogP contribution in [-0.4, -0.2) is 45.0 Å². The predicted octanol–water partition coefficient (Wildman–Crippen LogP) is 7.06. The number of phenolic OH excluding ortho intramolecular Hbond substituents is 1. The normalized spacial score (nSPS) is 19.6. The van der Waals surface area contributed by atoms with Gasteiger partial charge in [-0.2, -0.15) is 0 Å². The minimum absolute atomic E-state index is 0.109. The number of nitrogens with zero attached hydrogens (tertiary/aromatic N) is 3.